The van der Waals surface area contributed by atoms with Crippen LogP contribution < -0.4 is 16.0 Å². The fourth-order valence-corrected chi connectivity index (χ4v) is 6.27. The maximum Gasteiger partial charge on any atom is 0.407 e. The Morgan fingerprint density at radius 1 is 1.07 bits per heavy atom. The number of ether oxygens (including phenoxy) is 3. The Morgan fingerprint density at radius 3 is 2.45 bits per heavy atom. The van der Waals surface area contributed by atoms with Gasteiger partial charge in [-0.1, -0.05) is 44.6 Å². The predicted octanol–water partition coefficient (Wildman–Crippen LogP) is 3.87. The lowest BCUT2D eigenvalue weighted by Gasteiger charge is -2.29. The van der Waals surface area contributed by atoms with Crippen molar-refractivity contribution in [1.82, 2.24) is 20.9 Å². The third-order valence-corrected chi connectivity index (χ3v) is 9.72. The average molecular weight is 637 g/mol. The number of rotatable bonds is 7. The van der Waals surface area contributed by atoms with E-state index in [1.165, 1.54) is 4.90 Å². The van der Waals surface area contributed by atoms with Crippen LogP contribution in [0.1, 0.15) is 72.6 Å². The molecule has 248 valence electrons. The van der Waals surface area contributed by atoms with E-state index in [4.69, 9.17) is 14.2 Å². The maximum atomic E-state index is 14.1. The minimum Gasteiger partial charge on any atom is -0.464 e. The molecule has 1 saturated carbocycles. The lowest BCUT2D eigenvalue weighted by Crippen LogP contribution is -2.56. The smallest absolute Gasteiger partial charge is 0.407 e. The normalized spacial score (nSPS) is 28.7. The molecule has 1 aliphatic carbocycles. The second-order valence-electron chi connectivity index (χ2n) is 14.3. The molecular weight excluding hydrogens is 584 g/mol. The summed E-state index contributed by atoms with van der Waals surface area (Å²) in [4.78, 5) is 67.8. The SMILES string of the molecule is CCOC(=O)[C@@]12C[C@@H]1/C=C\CCCCC[C@H](NC(=O)OCC[Si](C)(C)C)C(=O)N1C[C@H](NC(=O)OC(C)(C)C)C[C@H]1C(=O)N2. The molecule has 0 unspecified atom stereocenters. The lowest BCUT2D eigenvalue weighted by molar-refractivity contribution is -0.150. The van der Waals surface area contributed by atoms with Crippen LogP contribution in [0.25, 0.3) is 0 Å². The highest BCUT2D eigenvalue weighted by Gasteiger charge is 2.62. The van der Waals surface area contributed by atoms with Crippen LogP contribution in [0.15, 0.2) is 12.2 Å². The van der Waals surface area contributed by atoms with Gasteiger partial charge in [-0.3, -0.25) is 9.59 Å². The zero-order valence-electron chi connectivity index (χ0n) is 27.5. The van der Waals surface area contributed by atoms with Crippen molar-refractivity contribution < 1.29 is 38.2 Å². The van der Waals surface area contributed by atoms with E-state index in [9.17, 15) is 24.0 Å². The number of carbonyl (C=O) groups is 5. The average Bonchev–Trinajstić information content (AvgIpc) is 3.42. The van der Waals surface area contributed by atoms with Gasteiger partial charge in [0, 0.05) is 20.5 Å². The fourth-order valence-electron chi connectivity index (χ4n) is 5.56. The van der Waals surface area contributed by atoms with E-state index in [0.29, 0.717) is 19.3 Å². The summed E-state index contributed by atoms with van der Waals surface area (Å²) in [5.41, 5.74) is -1.93. The molecule has 0 aromatic carbocycles. The summed E-state index contributed by atoms with van der Waals surface area (Å²) in [5, 5.41) is 8.45. The van der Waals surface area contributed by atoms with E-state index < -0.39 is 67.3 Å². The van der Waals surface area contributed by atoms with Gasteiger partial charge in [-0.15, -0.1) is 0 Å². The molecular formula is C31H52N4O8Si. The molecule has 0 radical (unpaired) electrons. The highest BCUT2D eigenvalue weighted by molar-refractivity contribution is 6.76. The van der Waals surface area contributed by atoms with Crippen LogP contribution >= 0.6 is 0 Å². The van der Waals surface area contributed by atoms with Gasteiger partial charge in [0.1, 0.15) is 23.2 Å². The van der Waals surface area contributed by atoms with Crippen LogP contribution in [-0.2, 0) is 28.6 Å². The first-order valence-electron chi connectivity index (χ1n) is 15.9. The molecule has 44 heavy (non-hydrogen) atoms. The first-order valence-corrected chi connectivity index (χ1v) is 19.6. The van der Waals surface area contributed by atoms with Gasteiger partial charge in [0.15, 0.2) is 0 Å². The van der Waals surface area contributed by atoms with E-state index in [1.54, 1.807) is 27.7 Å². The van der Waals surface area contributed by atoms with Gasteiger partial charge in [0.05, 0.1) is 19.3 Å². The Bertz CT molecular complexity index is 1100. The van der Waals surface area contributed by atoms with Crippen LogP contribution in [0.4, 0.5) is 9.59 Å². The number of nitrogens with one attached hydrogen (secondary N) is 3. The van der Waals surface area contributed by atoms with Crippen molar-refractivity contribution in [3.63, 3.8) is 0 Å². The summed E-state index contributed by atoms with van der Waals surface area (Å²) < 4.78 is 16.2. The molecule has 4 amide bonds. The number of nitrogens with zero attached hydrogens (tertiary/aromatic N) is 1. The number of hydrogen-bond donors (Lipinski definition) is 3. The second kappa shape index (κ2) is 14.8. The van der Waals surface area contributed by atoms with Crippen LogP contribution in [0.2, 0.25) is 25.7 Å². The summed E-state index contributed by atoms with van der Waals surface area (Å²) in [7, 11) is -1.43. The fraction of sp³-hybridized carbons (Fsp3) is 0.774. The second-order valence-corrected chi connectivity index (χ2v) is 19.9. The maximum absolute atomic E-state index is 14.1. The number of amides is 4. The zero-order valence-corrected chi connectivity index (χ0v) is 28.5. The number of alkyl carbamates (subject to hydrolysis) is 2. The molecule has 2 fully saturated rings. The Morgan fingerprint density at radius 2 is 1.80 bits per heavy atom. The summed E-state index contributed by atoms with van der Waals surface area (Å²) in [5.74, 6) is -1.67. The standard InChI is InChI=1S/C31H52N4O8Si/c1-8-41-27(38)31-19-21(31)14-12-10-9-11-13-15-23(33-28(39)42-16-17-44(5,6)7)26(37)35-20-22(18-24(35)25(36)34-31)32-29(40)43-30(2,3)4/h12,14,21-24H,8-11,13,15-20H2,1-7H3,(H,32,40)(H,33,39)(H,34,36)/b14-12-/t21-,22+,23-,24-,31+/m0/s1. The minimum absolute atomic E-state index is 0.0365. The number of allylic oxidation sites excluding steroid dienone is 1. The highest BCUT2D eigenvalue weighted by Crippen LogP contribution is 2.46. The highest BCUT2D eigenvalue weighted by atomic mass is 28.3. The molecule has 3 aliphatic rings. The van der Waals surface area contributed by atoms with Crippen molar-refractivity contribution in [3.8, 4) is 0 Å². The van der Waals surface area contributed by atoms with Crippen molar-refractivity contribution in [3.05, 3.63) is 12.2 Å². The van der Waals surface area contributed by atoms with E-state index in [0.717, 1.165) is 25.3 Å². The Kier molecular flexibility index (Phi) is 11.9. The van der Waals surface area contributed by atoms with E-state index in [-0.39, 0.29) is 32.1 Å². The van der Waals surface area contributed by atoms with Crippen LogP contribution in [0, 0.1) is 5.92 Å². The van der Waals surface area contributed by atoms with Gasteiger partial charge in [-0.25, -0.2) is 14.4 Å². The zero-order chi connectivity index (χ0) is 32.7. The van der Waals surface area contributed by atoms with Crippen LogP contribution in [0.5, 0.6) is 0 Å². The first-order chi connectivity index (χ1) is 20.5. The summed E-state index contributed by atoms with van der Waals surface area (Å²) >= 11 is 0. The third kappa shape index (κ3) is 10.2. The molecule has 13 heteroatoms. The van der Waals surface area contributed by atoms with Gasteiger partial charge >= 0.3 is 18.2 Å². The molecule has 0 spiro atoms. The lowest BCUT2D eigenvalue weighted by atomic mass is 10.0. The van der Waals surface area contributed by atoms with E-state index in [1.807, 2.05) is 12.2 Å². The van der Waals surface area contributed by atoms with Crippen molar-refractivity contribution >= 4 is 38.0 Å². The Labute approximate surface area is 262 Å². The summed E-state index contributed by atoms with van der Waals surface area (Å²) in [6.07, 6.45) is 6.72. The molecule has 2 aliphatic heterocycles. The topological polar surface area (TPSA) is 152 Å². The van der Waals surface area contributed by atoms with Crippen molar-refractivity contribution in [2.45, 2.75) is 128 Å². The third-order valence-electron chi connectivity index (χ3n) is 8.02. The molecule has 0 aromatic rings. The molecule has 0 aromatic heterocycles. The molecule has 5 atom stereocenters. The molecule has 3 rings (SSSR count). The molecule has 0 bridgehead atoms. The first kappa shape index (κ1) is 35.4. The number of fused-ring (bicyclic) bond motifs is 2. The predicted molar refractivity (Wildman–Crippen MR) is 168 cm³/mol. The minimum atomic E-state index is -1.43. The number of hydrogen-bond acceptors (Lipinski definition) is 8. The summed E-state index contributed by atoms with van der Waals surface area (Å²) in [6.45, 7) is 14.0. The van der Waals surface area contributed by atoms with Crippen molar-refractivity contribution in [2.24, 2.45) is 5.92 Å². The Balaban J connectivity index is 1.86. The van der Waals surface area contributed by atoms with Crippen molar-refractivity contribution in [1.29, 1.82) is 0 Å². The van der Waals surface area contributed by atoms with Crippen molar-refractivity contribution in [2.75, 3.05) is 19.8 Å². The number of carbonyl (C=O) groups excluding carboxylic acids is 5. The quantitative estimate of drug-likeness (QED) is 0.165. The van der Waals surface area contributed by atoms with Gasteiger partial charge in [0.2, 0.25) is 11.8 Å². The largest absolute Gasteiger partial charge is 0.464 e. The van der Waals surface area contributed by atoms with Gasteiger partial charge in [-0.05, 0) is 65.8 Å². The van der Waals surface area contributed by atoms with Crippen LogP contribution in [-0.4, -0.2) is 92.0 Å². The molecule has 2 heterocycles. The summed E-state index contributed by atoms with van der Waals surface area (Å²) in [6, 6.07) is -1.70. The van der Waals surface area contributed by atoms with E-state index in [2.05, 4.69) is 35.6 Å². The van der Waals surface area contributed by atoms with Gasteiger partial charge in [-0.2, -0.15) is 0 Å². The molecule has 3 N–H and O–H groups in total. The number of esters is 1. The molecule has 1 saturated heterocycles. The van der Waals surface area contributed by atoms with Gasteiger partial charge < -0.3 is 35.1 Å². The Hall–Kier alpha value is -3.09. The van der Waals surface area contributed by atoms with Crippen LogP contribution in [0.3, 0.4) is 0 Å². The van der Waals surface area contributed by atoms with E-state index >= 15 is 0 Å². The monoisotopic (exact) mass is 636 g/mol. The van der Waals surface area contributed by atoms with Gasteiger partial charge in [0.25, 0.3) is 0 Å². The molecule has 12 nitrogen and oxygen atoms in total.